The van der Waals surface area contributed by atoms with Crippen LogP contribution in [-0.4, -0.2) is 29.0 Å². The number of hydrogen-bond donors (Lipinski definition) is 1. The van der Waals surface area contributed by atoms with Gasteiger partial charge in [-0.2, -0.15) is 4.68 Å². The lowest BCUT2D eigenvalue weighted by Crippen LogP contribution is -2.28. The van der Waals surface area contributed by atoms with Crippen LogP contribution in [0.1, 0.15) is 12.0 Å². The number of rotatable bonds is 7. The van der Waals surface area contributed by atoms with Crippen molar-refractivity contribution in [2.75, 3.05) is 13.3 Å². The Kier molecular flexibility index (Phi) is 4.93. The van der Waals surface area contributed by atoms with E-state index >= 15 is 0 Å². The molecule has 1 N–H and O–H groups in total. The molecule has 1 aliphatic rings. The number of nitrogens with zero attached hydrogens (tertiary/aromatic N) is 2. The average molecular weight is 387 g/mol. The van der Waals surface area contributed by atoms with E-state index in [-0.39, 0.29) is 31.6 Å². The van der Waals surface area contributed by atoms with E-state index in [1.54, 1.807) is 0 Å². The Labute approximate surface area is 158 Å². The third-order valence-electron chi connectivity index (χ3n) is 4.06. The van der Waals surface area contributed by atoms with E-state index < -0.39 is 5.76 Å². The SMILES string of the molecule is O=C(CCn1nc(-c2cccs2)oc1=O)NCCc1ccc2c(c1)OCO2. The largest absolute Gasteiger partial charge is 0.454 e. The van der Waals surface area contributed by atoms with Crippen LogP contribution in [0.2, 0.25) is 0 Å². The van der Waals surface area contributed by atoms with Gasteiger partial charge in [-0.1, -0.05) is 12.1 Å². The van der Waals surface area contributed by atoms with E-state index in [4.69, 9.17) is 13.9 Å². The first-order chi connectivity index (χ1) is 13.2. The summed E-state index contributed by atoms with van der Waals surface area (Å²) in [6.45, 7) is 0.904. The first-order valence-corrected chi connectivity index (χ1v) is 9.34. The van der Waals surface area contributed by atoms with E-state index in [9.17, 15) is 9.59 Å². The van der Waals surface area contributed by atoms with E-state index in [1.165, 1.54) is 16.0 Å². The molecule has 0 bridgehead atoms. The molecule has 9 heteroatoms. The highest BCUT2D eigenvalue weighted by Gasteiger charge is 2.14. The molecule has 0 unspecified atom stereocenters. The van der Waals surface area contributed by atoms with E-state index in [0.717, 1.165) is 21.9 Å². The highest BCUT2D eigenvalue weighted by atomic mass is 32.1. The van der Waals surface area contributed by atoms with Crippen LogP contribution in [0, 0.1) is 0 Å². The van der Waals surface area contributed by atoms with Crippen LogP contribution in [0.15, 0.2) is 44.9 Å². The lowest BCUT2D eigenvalue weighted by molar-refractivity contribution is -0.121. The summed E-state index contributed by atoms with van der Waals surface area (Å²) in [4.78, 5) is 24.6. The molecule has 4 rings (SSSR count). The van der Waals surface area contributed by atoms with Gasteiger partial charge in [-0.05, 0) is 35.6 Å². The van der Waals surface area contributed by atoms with Crippen LogP contribution in [-0.2, 0) is 17.8 Å². The van der Waals surface area contributed by atoms with Gasteiger partial charge in [0.1, 0.15) is 0 Å². The number of thiophene rings is 1. The summed E-state index contributed by atoms with van der Waals surface area (Å²) in [6.07, 6.45) is 0.826. The molecule has 3 heterocycles. The number of carbonyl (C=O) groups excluding carboxylic acids is 1. The van der Waals surface area contributed by atoms with Gasteiger partial charge in [-0.25, -0.2) is 4.79 Å². The smallest absolute Gasteiger partial charge is 0.437 e. The molecule has 3 aromatic rings. The zero-order chi connectivity index (χ0) is 18.6. The number of carbonyl (C=O) groups is 1. The Morgan fingerprint density at radius 3 is 3.00 bits per heavy atom. The molecule has 0 atom stereocenters. The van der Waals surface area contributed by atoms with Crippen LogP contribution < -0.4 is 20.5 Å². The van der Waals surface area contributed by atoms with E-state index in [2.05, 4.69) is 10.4 Å². The zero-order valence-corrected chi connectivity index (χ0v) is 15.2. The lowest BCUT2D eigenvalue weighted by atomic mass is 10.1. The Balaban J connectivity index is 1.25. The molecule has 0 saturated carbocycles. The van der Waals surface area contributed by atoms with Gasteiger partial charge < -0.3 is 19.2 Å². The second-order valence-corrected chi connectivity index (χ2v) is 6.86. The number of hydrogen-bond acceptors (Lipinski definition) is 7. The molecule has 0 spiro atoms. The van der Waals surface area contributed by atoms with Crippen molar-refractivity contribution in [1.29, 1.82) is 0 Å². The summed E-state index contributed by atoms with van der Waals surface area (Å²) >= 11 is 1.43. The number of amides is 1. The van der Waals surface area contributed by atoms with E-state index in [0.29, 0.717) is 13.0 Å². The molecule has 1 amide bonds. The van der Waals surface area contributed by atoms with Gasteiger partial charge in [0.05, 0.1) is 11.4 Å². The molecule has 2 aromatic heterocycles. The standard InChI is InChI=1S/C18H17N3O5S/c22-16(19-7-5-12-3-4-13-14(10-12)25-11-24-13)6-8-21-18(23)26-17(20-21)15-2-1-9-27-15/h1-4,9-10H,5-8,11H2,(H,19,22). The lowest BCUT2D eigenvalue weighted by Gasteiger charge is -2.06. The predicted molar refractivity (Wildman–Crippen MR) is 98.0 cm³/mol. The summed E-state index contributed by atoms with van der Waals surface area (Å²) in [5.41, 5.74) is 1.05. The second kappa shape index (κ2) is 7.67. The molecular formula is C18H17N3O5S. The zero-order valence-electron chi connectivity index (χ0n) is 14.3. The Morgan fingerprint density at radius 2 is 2.15 bits per heavy atom. The topological polar surface area (TPSA) is 95.6 Å². The predicted octanol–water partition coefficient (Wildman–Crippen LogP) is 2.04. The van der Waals surface area contributed by atoms with Crippen molar-refractivity contribution >= 4 is 17.2 Å². The molecular weight excluding hydrogens is 370 g/mol. The third kappa shape index (κ3) is 4.03. The number of benzene rings is 1. The van der Waals surface area contributed by atoms with Gasteiger partial charge in [0.25, 0.3) is 5.89 Å². The first kappa shape index (κ1) is 17.3. The van der Waals surface area contributed by atoms with Gasteiger partial charge in [0.15, 0.2) is 11.5 Å². The molecule has 0 aliphatic carbocycles. The molecule has 1 aliphatic heterocycles. The fraction of sp³-hybridized carbons (Fsp3) is 0.278. The maximum Gasteiger partial charge on any atom is 0.437 e. The van der Waals surface area contributed by atoms with Crippen LogP contribution in [0.3, 0.4) is 0 Å². The summed E-state index contributed by atoms with van der Waals surface area (Å²) in [7, 11) is 0. The highest BCUT2D eigenvalue weighted by Crippen LogP contribution is 2.32. The van der Waals surface area contributed by atoms with Crippen molar-refractivity contribution in [2.45, 2.75) is 19.4 Å². The van der Waals surface area contributed by atoms with Crippen molar-refractivity contribution in [1.82, 2.24) is 15.1 Å². The Morgan fingerprint density at radius 1 is 1.26 bits per heavy atom. The number of aromatic nitrogens is 2. The number of nitrogens with one attached hydrogen (secondary N) is 1. The maximum absolute atomic E-state index is 12.0. The third-order valence-corrected chi connectivity index (χ3v) is 4.92. The van der Waals surface area contributed by atoms with Crippen LogP contribution >= 0.6 is 11.3 Å². The van der Waals surface area contributed by atoms with Crippen molar-refractivity contribution in [2.24, 2.45) is 0 Å². The maximum atomic E-state index is 12.0. The molecule has 1 aromatic carbocycles. The minimum Gasteiger partial charge on any atom is -0.454 e. The van der Waals surface area contributed by atoms with Crippen LogP contribution in [0.4, 0.5) is 0 Å². The summed E-state index contributed by atoms with van der Waals surface area (Å²) in [6, 6.07) is 9.40. The first-order valence-electron chi connectivity index (χ1n) is 8.46. The average Bonchev–Trinajstić information content (AvgIpc) is 3.40. The fourth-order valence-electron chi connectivity index (χ4n) is 2.69. The van der Waals surface area contributed by atoms with Crippen molar-refractivity contribution in [3.05, 3.63) is 51.8 Å². The quantitative estimate of drug-likeness (QED) is 0.667. The number of aryl methyl sites for hydroxylation is 1. The van der Waals surface area contributed by atoms with Crippen LogP contribution in [0.5, 0.6) is 11.5 Å². The molecule has 0 saturated heterocycles. The summed E-state index contributed by atoms with van der Waals surface area (Å²) < 4.78 is 16.9. The minimum absolute atomic E-state index is 0.150. The monoisotopic (exact) mass is 387 g/mol. The molecule has 140 valence electrons. The Hall–Kier alpha value is -3.07. The highest BCUT2D eigenvalue weighted by molar-refractivity contribution is 7.13. The second-order valence-electron chi connectivity index (χ2n) is 5.91. The van der Waals surface area contributed by atoms with Gasteiger partial charge >= 0.3 is 5.76 Å². The van der Waals surface area contributed by atoms with E-state index in [1.807, 2.05) is 35.7 Å². The molecule has 8 nitrogen and oxygen atoms in total. The summed E-state index contributed by atoms with van der Waals surface area (Å²) in [5.74, 6) is 1.03. The summed E-state index contributed by atoms with van der Waals surface area (Å²) in [5, 5.41) is 8.84. The van der Waals surface area contributed by atoms with Crippen LogP contribution in [0.25, 0.3) is 10.8 Å². The fourth-order valence-corrected chi connectivity index (χ4v) is 3.33. The number of ether oxygens (including phenoxy) is 2. The van der Waals surface area contributed by atoms with Gasteiger partial charge in [-0.3, -0.25) is 4.79 Å². The number of fused-ring (bicyclic) bond motifs is 1. The minimum atomic E-state index is -0.563. The van der Waals surface area contributed by atoms with Crippen molar-refractivity contribution < 1.29 is 18.7 Å². The van der Waals surface area contributed by atoms with Gasteiger partial charge in [0.2, 0.25) is 12.7 Å². The Bertz CT molecular complexity index is 993. The molecule has 27 heavy (non-hydrogen) atoms. The normalized spacial score (nSPS) is 12.3. The van der Waals surface area contributed by atoms with Gasteiger partial charge in [-0.15, -0.1) is 16.4 Å². The molecule has 0 fully saturated rings. The van der Waals surface area contributed by atoms with Gasteiger partial charge in [0, 0.05) is 13.0 Å². The molecule has 0 radical (unpaired) electrons. The van der Waals surface area contributed by atoms with Crippen molar-refractivity contribution in [3.8, 4) is 22.3 Å². The van der Waals surface area contributed by atoms with Crippen molar-refractivity contribution in [3.63, 3.8) is 0 Å².